The van der Waals surface area contributed by atoms with E-state index in [9.17, 15) is 19.1 Å². The predicted molar refractivity (Wildman–Crippen MR) is 92.8 cm³/mol. The summed E-state index contributed by atoms with van der Waals surface area (Å²) in [6.45, 7) is 0. The van der Waals surface area contributed by atoms with Gasteiger partial charge in [-0.1, -0.05) is 54.3 Å². The highest BCUT2D eigenvalue weighted by Gasteiger charge is 2.33. The Morgan fingerprint density at radius 2 is 1.83 bits per heavy atom. The largest absolute Gasteiger partial charge is 0.545 e. The van der Waals surface area contributed by atoms with Gasteiger partial charge < -0.3 is 9.90 Å². The minimum Gasteiger partial charge on any atom is -0.545 e. The van der Waals surface area contributed by atoms with Crippen LogP contribution >= 0.6 is 24.0 Å². The van der Waals surface area contributed by atoms with Crippen LogP contribution in [0.4, 0.5) is 10.1 Å². The Kier molecular flexibility index (Phi) is 4.46. The number of hydrogen-bond donors (Lipinski definition) is 0. The van der Waals surface area contributed by atoms with E-state index in [0.717, 1.165) is 11.8 Å². The zero-order chi connectivity index (χ0) is 17.3. The second-order valence-electron chi connectivity index (χ2n) is 4.87. The van der Waals surface area contributed by atoms with Gasteiger partial charge in [0, 0.05) is 5.56 Å². The number of amides is 1. The van der Waals surface area contributed by atoms with Gasteiger partial charge in [0.15, 0.2) is 4.32 Å². The molecule has 0 radical (unpaired) electrons. The van der Waals surface area contributed by atoms with E-state index in [1.807, 2.05) is 0 Å². The zero-order valence-corrected chi connectivity index (χ0v) is 13.7. The number of thiocarbonyl (C=S) groups is 1. The summed E-state index contributed by atoms with van der Waals surface area (Å²) in [6.07, 6.45) is 1.45. The van der Waals surface area contributed by atoms with Crippen molar-refractivity contribution in [3.8, 4) is 0 Å². The minimum absolute atomic E-state index is 0.00564. The van der Waals surface area contributed by atoms with E-state index in [-0.39, 0.29) is 11.5 Å². The molecule has 0 spiro atoms. The third-order valence-corrected chi connectivity index (χ3v) is 4.65. The molecular weight excluding hydrogens is 349 g/mol. The number of rotatable bonds is 3. The standard InChI is InChI=1S/C17H10FNO3S2/c18-13-4-2-1-3-11(13)9-14-15(20)19(17(23)24-14)12-7-5-10(6-8-12)16(21)22/h1-9H,(H,21,22)/p-1. The Morgan fingerprint density at radius 3 is 2.46 bits per heavy atom. The lowest BCUT2D eigenvalue weighted by molar-refractivity contribution is -0.255. The van der Waals surface area contributed by atoms with Crippen molar-refractivity contribution in [1.82, 2.24) is 0 Å². The van der Waals surface area contributed by atoms with Gasteiger partial charge in [-0.25, -0.2) is 4.39 Å². The molecule has 24 heavy (non-hydrogen) atoms. The number of thioether (sulfide) groups is 1. The second kappa shape index (κ2) is 6.54. The van der Waals surface area contributed by atoms with Crippen LogP contribution in [0.3, 0.4) is 0 Å². The zero-order valence-electron chi connectivity index (χ0n) is 12.1. The van der Waals surface area contributed by atoms with Crippen molar-refractivity contribution in [3.63, 3.8) is 0 Å². The molecule has 2 aromatic rings. The van der Waals surface area contributed by atoms with Crippen LogP contribution in [-0.4, -0.2) is 16.2 Å². The molecule has 4 nitrogen and oxygen atoms in total. The average molecular weight is 358 g/mol. The van der Waals surface area contributed by atoms with Crippen molar-refractivity contribution in [3.05, 3.63) is 70.4 Å². The lowest BCUT2D eigenvalue weighted by atomic mass is 10.2. The maximum atomic E-state index is 13.7. The average Bonchev–Trinajstić information content (AvgIpc) is 2.84. The molecule has 1 saturated heterocycles. The molecule has 2 aromatic carbocycles. The molecule has 1 aliphatic heterocycles. The maximum Gasteiger partial charge on any atom is 0.270 e. The van der Waals surface area contributed by atoms with E-state index in [1.165, 1.54) is 41.3 Å². The second-order valence-corrected chi connectivity index (χ2v) is 6.55. The van der Waals surface area contributed by atoms with Crippen molar-refractivity contribution in [2.75, 3.05) is 4.90 Å². The molecule has 0 aliphatic carbocycles. The van der Waals surface area contributed by atoms with Gasteiger partial charge in [0.2, 0.25) is 0 Å². The molecule has 3 rings (SSSR count). The Bertz CT molecular complexity index is 878. The number of hydrogen-bond acceptors (Lipinski definition) is 5. The molecule has 0 aromatic heterocycles. The Hall–Kier alpha value is -2.51. The predicted octanol–water partition coefficient (Wildman–Crippen LogP) is 2.60. The summed E-state index contributed by atoms with van der Waals surface area (Å²) in [5.74, 6) is -2.11. The number of carboxylic acid groups (broad SMARTS) is 1. The van der Waals surface area contributed by atoms with Crippen LogP contribution in [0.5, 0.6) is 0 Å². The fraction of sp³-hybridized carbons (Fsp3) is 0. The molecule has 0 saturated carbocycles. The van der Waals surface area contributed by atoms with E-state index < -0.39 is 11.8 Å². The van der Waals surface area contributed by atoms with Crippen molar-refractivity contribution in [2.24, 2.45) is 0 Å². The lowest BCUT2D eigenvalue weighted by Crippen LogP contribution is -2.28. The number of aromatic carboxylic acids is 1. The normalized spacial score (nSPS) is 16.0. The van der Waals surface area contributed by atoms with E-state index >= 15 is 0 Å². The summed E-state index contributed by atoms with van der Waals surface area (Å²) in [6, 6.07) is 11.7. The van der Waals surface area contributed by atoms with E-state index in [0.29, 0.717) is 20.5 Å². The van der Waals surface area contributed by atoms with Gasteiger partial charge in [-0.05, 0) is 29.8 Å². The maximum absolute atomic E-state index is 13.7. The summed E-state index contributed by atoms with van der Waals surface area (Å²) in [5.41, 5.74) is 0.746. The van der Waals surface area contributed by atoms with E-state index in [2.05, 4.69) is 0 Å². The monoisotopic (exact) mass is 358 g/mol. The third-order valence-electron chi connectivity index (χ3n) is 3.35. The van der Waals surface area contributed by atoms with Crippen LogP contribution in [0, 0.1) is 5.82 Å². The van der Waals surface area contributed by atoms with Crippen LogP contribution in [0.25, 0.3) is 6.08 Å². The molecule has 0 unspecified atom stereocenters. The van der Waals surface area contributed by atoms with Crippen LogP contribution in [-0.2, 0) is 4.79 Å². The number of nitrogens with zero attached hydrogens (tertiary/aromatic N) is 1. The first kappa shape index (κ1) is 16.4. The van der Waals surface area contributed by atoms with Gasteiger partial charge in [-0.2, -0.15) is 0 Å². The molecule has 1 amide bonds. The Balaban J connectivity index is 1.92. The van der Waals surface area contributed by atoms with Gasteiger partial charge in [-0.15, -0.1) is 0 Å². The highest BCUT2D eigenvalue weighted by Crippen LogP contribution is 2.36. The molecule has 1 aliphatic rings. The summed E-state index contributed by atoms with van der Waals surface area (Å²) >= 11 is 6.28. The van der Waals surface area contributed by atoms with Crippen molar-refractivity contribution >= 4 is 51.9 Å². The first-order valence-electron chi connectivity index (χ1n) is 6.81. The van der Waals surface area contributed by atoms with Gasteiger partial charge in [-0.3, -0.25) is 9.69 Å². The van der Waals surface area contributed by atoms with Crippen LogP contribution < -0.4 is 10.0 Å². The van der Waals surface area contributed by atoms with Gasteiger partial charge >= 0.3 is 0 Å². The van der Waals surface area contributed by atoms with Crippen molar-refractivity contribution in [2.45, 2.75) is 0 Å². The molecule has 0 N–H and O–H groups in total. The highest BCUT2D eigenvalue weighted by atomic mass is 32.2. The lowest BCUT2D eigenvalue weighted by Gasteiger charge is -2.15. The molecular formula is C17H9FNO3S2-. The Labute approximate surface area is 146 Å². The molecule has 120 valence electrons. The summed E-state index contributed by atoms with van der Waals surface area (Å²) in [7, 11) is 0. The molecule has 1 fully saturated rings. The van der Waals surface area contributed by atoms with E-state index in [1.54, 1.807) is 18.2 Å². The van der Waals surface area contributed by atoms with Crippen LogP contribution in [0.1, 0.15) is 15.9 Å². The third kappa shape index (κ3) is 3.08. The fourth-order valence-electron chi connectivity index (χ4n) is 2.17. The topological polar surface area (TPSA) is 60.4 Å². The number of carboxylic acids is 1. The number of carbonyl (C=O) groups excluding carboxylic acids is 2. The first-order valence-corrected chi connectivity index (χ1v) is 8.04. The van der Waals surface area contributed by atoms with Gasteiger partial charge in [0.05, 0.1) is 16.6 Å². The quantitative estimate of drug-likeness (QED) is 0.623. The molecule has 0 bridgehead atoms. The SMILES string of the molecule is O=C([O-])c1ccc(N2C(=O)C(=Cc3ccccc3F)SC2=S)cc1. The number of halogens is 1. The van der Waals surface area contributed by atoms with Gasteiger partial charge in [0.1, 0.15) is 5.82 Å². The van der Waals surface area contributed by atoms with Gasteiger partial charge in [0.25, 0.3) is 5.91 Å². The summed E-state index contributed by atoms with van der Waals surface area (Å²) in [4.78, 5) is 24.9. The van der Waals surface area contributed by atoms with Crippen LogP contribution in [0.15, 0.2) is 53.4 Å². The number of anilines is 1. The summed E-state index contributed by atoms with van der Waals surface area (Å²) in [5, 5.41) is 10.8. The van der Waals surface area contributed by atoms with Crippen LogP contribution in [0.2, 0.25) is 0 Å². The Morgan fingerprint density at radius 1 is 1.17 bits per heavy atom. The number of carbonyl (C=O) groups is 2. The molecule has 7 heteroatoms. The number of benzene rings is 2. The summed E-state index contributed by atoms with van der Waals surface area (Å²) < 4.78 is 14.0. The highest BCUT2D eigenvalue weighted by molar-refractivity contribution is 8.27. The minimum atomic E-state index is -1.30. The fourth-order valence-corrected chi connectivity index (χ4v) is 3.46. The van der Waals surface area contributed by atoms with E-state index in [4.69, 9.17) is 12.2 Å². The first-order chi connectivity index (χ1) is 11.5. The molecule has 0 atom stereocenters. The van der Waals surface area contributed by atoms with Crippen molar-refractivity contribution < 1.29 is 19.1 Å². The smallest absolute Gasteiger partial charge is 0.270 e. The van der Waals surface area contributed by atoms with Crippen molar-refractivity contribution in [1.29, 1.82) is 0 Å². The molecule has 1 heterocycles.